The lowest BCUT2D eigenvalue weighted by atomic mass is 10.1. The Bertz CT molecular complexity index is 505. The van der Waals surface area contributed by atoms with E-state index in [9.17, 15) is 23.3 Å². The highest BCUT2D eigenvalue weighted by molar-refractivity contribution is 5.85. The monoisotopic (exact) mass is 326 g/mol. The van der Waals surface area contributed by atoms with Crippen molar-refractivity contribution >= 4 is 18.1 Å². The molecule has 118 valence electrons. The summed E-state index contributed by atoms with van der Waals surface area (Å²) in [5.74, 6) is -0.322. The van der Waals surface area contributed by atoms with Crippen LogP contribution in [-0.2, 0) is 6.18 Å². The fourth-order valence-corrected chi connectivity index (χ4v) is 2.03. The van der Waals surface area contributed by atoms with Crippen LogP contribution >= 0.6 is 12.4 Å². The first-order chi connectivity index (χ1) is 9.38. The van der Waals surface area contributed by atoms with Gasteiger partial charge in [-0.15, -0.1) is 12.4 Å². The maximum atomic E-state index is 12.6. The molecule has 0 spiro atoms. The number of benzene rings is 1. The number of hydrogen-bond donors (Lipinski definition) is 1. The first-order valence-corrected chi connectivity index (χ1v) is 6.11. The van der Waals surface area contributed by atoms with E-state index in [0.29, 0.717) is 38.1 Å². The van der Waals surface area contributed by atoms with Gasteiger partial charge in [0.25, 0.3) is 0 Å². The molecule has 0 aromatic heterocycles. The Morgan fingerprint density at radius 3 is 2.43 bits per heavy atom. The van der Waals surface area contributed by atoms with E-state index in [-0.39, 0.29) is 24.3 Å². The maximum Gasteiger partial charge on any atom is 0.416 e. The van der Waals surface area contributed by atoms with E-state index in [1.807, 2.05) is 0 Å². The number of hydrogen-bond acceptors (Lipinski definition) is 4. The summed E-state index contributed by atoms with van der Waals surface area (Å²) in [7, 11) is 0. The van der Waals surface area contributed by atoms with Crippen molar-refractivity contribution < 1.29 is 22.8 Å². The summed E-state index contributed by atoms with van der Waals surface area (Å²) in [5.41, 5.74) is -1.40. The van der Waals surface area contributed by atoms with Crippen LogP contribution in [0.4, 0.5) is 18.9 Å². The van der Waals surface area contributed by atoms with Crippen LogP contribution in [0.5, 0.6) is 5.75 Å². The first-order valence-electron chi connectivity index (χ1n) is 6.11. The molecule has 0 unspecified atom stereocenters. The number of nitrogens with zero attached hydrogens (tertiary/aromatic N) is 1. The summed E-state index contributed by atoms with van der Waals surface area (Å²) < 4.78 is 43.3. The minimum Gasteiger partial charge on any atom is -0.483 e. The van der Waals surface area contributed by atoms with E-state index < -0.39 is 22.4 Å². The number of rotatable bonds is 3. The second kappa shape index (κ2) is 6.95. The summed E-state index contributed by atoms with van der Waals surface area (Å²) in [5, 5.41) is 13.9. The maximum absolute atomic E-state index is 12.6. The number of nitro benzene ring substituents is 1. The van der Waals surface area contributed by atoms with Gasteiger partial charge in [-0.25, -0.2) is 0 Å². The largest absolute Gasteiger partial charge is 0.483 e. The standard InChI is InChI=1S/C12H13F3N2O3.ClH/c13-12(14,15)8-1-2-10(17(18)19)11(7-8)20-9-3-5-16-6-4-9;/h1-2,7,9,16H,3-6H2;1H. The molecule has 1 saturated heterocycles. The van der Waals surface area contributed by atoms with Crippen LogP contribution < -0.4 is 10.1 Å². The van der Waals surface area contributed by atoms with Gasteiger partial charge in [0.1, 0.15) is 6.10 Å². The van der Waals surface area contributed by atoms with E-state index >= 15 is 0 Å². The van der Waals surface area contributed by atoms with E-state index in [1.165, 1.54) is 0 Å². The summed E-state index contributed by atoms with van der Waals surface area (Å²) in [6, 6.07) is 2.22. The van der Waals surface area contributed by atoms with Crippen molar-refractivity contribution in [2.24, 2.45) is 0 Å². The molecule has 1 aliphatic heterocycles. The zero-order valence-corrected chi connectivity index (χ0v) is 11.7. The molecule has 1 N–H and O–H groups in total. The number of alkyl halides is 3. The van der Waals surface area contributed by atoms with Crippen molar-refractivity contribution in [2.45, 2.75) is 25.1 Å². The van der Waals surface area contributed by atoms with E-state index in [1.54, 1.807) is 0 Å². The molecule has 2 rings (SSSR count). The van der Waals surface area contributed by atoms with Crippen molar-refractivity contribution in [3.8, 4) is 5.75 Å². The molecule has 21 heavy (non-hydrogen) atoms. The lowest BCUT2D eigenvalue weighted by molar-refractivity contribution is -0.386. The summed E-state index contributed by atoms with van der Waals surface area (Å²) >= 11 is 0. The van der Waals surface area contributed by atoms with Gasteiger partial charge in [-0.3, -0.25) is 10.1 Å². The molecular weight excluding hydrogens is 313 g/mol. The van der Waals surface area contributed by atoms with Crippen LogP contribution in [-0.4, -0.2) is 24.1 Å². The Morgan fingerprint density at radius 2 is 1.90 bits per heavy atom. The Labute approximate surface area is 125 Å². The molecule has 1 aromatic rings. The van der Waals surface area contributed by atoms with Crippen molar-refractivity contribution in [1.29, 1.82) is 0 Å². The average molecular weight is 327 g/mol. The molecule has 1 aliphatic rings. The van der Waals surface area contributed by atoms with Crippen LogP contribution in [0.25, 0.3) is 0 Å². The van der Waals surface area contributed by atoms with Gasteiger partial charge >= 0.3 is 11.9 Å². The quantitative estimate of drug-likeness (QED) is 0.684. The SMILES string of the molecule is Cl.O=[N+]([O-])c1ccc(C(F)(F)F)cc1OC1CCNCC1. The Hall–Kier alpha value is -1.54. The van der Waals surface area contributed by atoms with E-state index in [0.717, 1.165) is 6.07 Å². The fraction of sp³-hybridized carbons (Fsp3) is 0.500. The predicted molar refractivity (Wildman–Crippen MR) is 71.9 cm³/mol. The van der Waals surface area contributed by atoms with Gasteiger partial charge in [0.05, 0.1) is 10.5 Å². The molecule has 9 heteroatoms. The third kappa shape index (κ3) is 4.47. The topological polar surface area (TPSA) is 64.4 Å². The first kappa shape index (κ1) is 17.5. The molecule has 0 atom stereocenters. The lowest BCUT2D eigenvalue weighted by Crippen LogP contribution is -2.34. The van der Waals surface area contributed by atoms with Crippen LogP contribution in [0.2, 0.25) is 0 Å². The Balaban J connectivity index is 0.00000220. The molecule has 5 nitrogen and oxygen atoms in total. The van der Waals surface area contributed by atoms with Crippen molar-refractivity contribution in [1.82, 2.24) is 5.32 Å². The van der Waals surface area contributed by atoms with Crippen molar-refractivity contribution in [3.05, 3.63) is 33.9 Å². The van der Waals surface area contributed by atoms with Crippen LogP contribution in [0.3, 0.4) is 0 Å². The van der Waals surface area contributed by atoms with E-state index in [2.05, 4.69) is 5.32 Å². The molecule has 1 fully saturated rings. The van der Waals surface area contributed by atoms with Gasteiger partial charge in [-0.2, -0.15) is 13.2 Å². The predicted octanol–water partition coefficient (Wildman–Crippen LogP) is 3.17. The summed E-state index contributed by atoms with van der Waals surface area (Å²) in [6.07, 6.45) is -3.65. The normalized spacial score (nSPS) is 16.1. The third-order valence-corrected chi connectivity index (χ3v) is 3.06. The van der Waals surface area contributed by atoms with Gasteiger partial charge in [-0.1, -0.05) is 0 Å². The van der Waals surface area contributed by atoms with Gasteiger partial charge < -0.3 is 10.1 Å². The smallest absolute Gasteiger partial charge is 0.416 e. The van der Waals surface area contributed by atoms with Gasteiger partial charge in [0.15, 0.2) is 5.75 Å². The molecule has 1 heterocycles. The highest BCUT2D eigenvalue weighted by atomic mass is 35.5. The third-order valence-electron chi connectivity index (χ3n) is 3.06. The fourth-order valence-electron chi connectivity index (χ4n) is 2.03. The Morgan fingerprint density at radius 1 is 1.29 bits per heavy atom. The zero-order chi connectivity index (χ0) is 14.8. The molecule has 0 aliphatic carbocycles. The van der Waals surface area contributed by atoms with Gasteiger partial charge in [0, 0.05) is 6.07 Å². The lowest BCUT2D eigenvalue weighted by Gasteiger charge is -2.24. The van der Waals surface area contributed by atoms with Gasteiger partial charge in [0.2, 0.25) is 0 Å². The molecular formula is C12H14ClF3N2O3. The van der Waals surface area contributed by atoms with Crippen LogP contribution in [0.1, 0.15) is 18.4 Å². The van der Waals surface area contributed by atoms with Crippen LogP contribution in [0.15, 0.2) is 18.2 Å². The minimum atomic E-state index is -4.55. The second-order valence-electron chi connectivity index (χ2n) is 4.50. The molecule has 0 bridgehead atoms. The number of halogens is 4. The number of nitro groups is 1. The average Bonchev–Trinajstić information content (AvgIpc) is 2.38. The number of ether oxygens (including phenoxy) is 1. The van der Waals surface area contributed by atoms with Crippen molar-refractivity contribution in [2.75, 3.05) is 13.1 Å². The molecule has 0 amide bonds. The van der Waals surface area contributed by atoms with Crippen molar-refractivity contribution in [3.63, 3.8) is 0 Å². The molecule has 0 radical (unpaired) electrons. The minimum absolute atomic E-state index is 0. The van der Waals surface area contributed by atoms with E-state index in [4.69, 9.17) is 4.74 Å². The second-order valence-corrected chi connectivity index (χ2v) is 4.50. The highest BCUT2D eigenvalue weighted by Crippen LogP contribution is 2.36. The Kier molecular flexibility index (Phi) is 5.79. The van der Waals surface area contributed by atoms with Gasteiger partial charge in [-0.05, 0) is 38.1 Å². The van der Waals surface area contributed by atoms with Crippen LogP contribution in [0, 0.1) is 10.1 Å². The number of piperidine rings is 1. The summed E-state index contributed by atoms with van der Waals surface area (Å²) in [6.45, 7) is 1.36. The molecule has 1 aromatic carbocycles. The summed E-state index contributed by atoms with van der Waals surface area (Å²) in [4.78, 5) is 10.1. The molecule has 0 saturated carbocycles. The zero-order valence-electron chi connectivity index (χ0n) is 10.9. The number of nitrogens with one attached hydrogen (secondary N) is 1. The highest BCUT2D eigenvalue weighted by Gasteiger charge is 2.33.